The Morgan fingerprint density at radius 2 is 1.43 bits per heavy atom. The molecule has 0 aromatic heterocycles. The van der Waals surface area contributed by atoms with Crippen molar-refractivity contribution in [3.05, 3.63) is 83.9 Å². The van der Waals surface area contributed by atoms with Gasteiger partial charge in [0, 0.05) is 32.2 Å². The predicted octanol–water partition coefficient (Wildman–Crippen LogP) is 3.08. The molecule has 4 rings (SSSR count). The number of benzene rings is 3. The van der Waals surface area contributed by atoms with E-state index in [1.165, 1.54) is 36.7 Å². The van der Waals surface area contributed by atoms with Crippen molar-refractivity contribution in [1.29, 1.82) is 0 Å². The summed E-state index contributed by atoms with van der Waals surface area (Å²) < 4.78 is 66.0. The van der Waals surface area contributed by atoms with E-state index in [9.17, 15) is 21.6 Å². The third-order valence-corrected chi connectivity index (χ3v) is 10.9. The Labute approximate surface area is 248 Å². The van der Waals surface area contributed by atoms with E-state index < -0.39 is 26.0 Å². The van der Waals surface area contributed by atoms with Gasteiger partial charge in [-0.15, -0.1) is 0 Å². The summed E-state index contributed by atoms with van der Waals surface area (Å²) in [5.74, 6) is 0.220. The Morgan fingerprint density at radius 1 is 0.810 bits per heavy atom. The molecule has 1 aliphatic rings. The van der Waals surface area contributed by atoms with Crippen molar-refractivity contribution in [2.24, 2.45) is 0 Å². The number of nitrogens with one attached hydrogen (secondary N) is 1. The normalized spacial score (nSPS) is 14.2. The van der Waals surface area contributed by atoms with Crippen LogP contribution in [0.25, 0.3) is 0 Å². The Balaban J connectivity index is 1.41. The number of carbonyl (C=O) groups is 1. The molecule has 3 aromatic rings. The molecule has 0 unspecified atom stereocenters. The van der Waals surface area contributed by atoms with Crippen LogP contribution in [0.5, 0.6) is 11.5 Å². The number of sulfonamides is 2. The smallest absolute Gasteiger partial charge is 0.243 e. The Bertz CT molecular complexity index is 1560. The SMILES string of the molecule is COc1ccc(S(=O)(=O)N(CCc2ccccc2)CC(=O)NCCc2ccc(S(=O)(=O)N3CCCC3)cc2)cc1OC. The molecule has 1 heterocycles. The van der Waals surface area contributed by atoms with Crippen LogP contribution in [0.3, 0.4) is 0 Å². The largest absolute Gasteiger partial charge is 0.493 e. The van der Waals surface area contributed by atoms with Crippen LogP contribution in [0.4, 0.5) is 0 Å². The molecule has 10 nitrogen and oxygen atoms in total. The number of nitrogens with zero attached hydrogens (tertiary/aromatic N) is 2. The van der Waals surface area contributed by atoms with Gasteiger partial charge in [0.2, 0.25) is 26.0 Å². The molecule has 1 saturated heterocycles. The van der Waals surface area contributed by atoms with Gasteiger partial charge in [-0.05, 0) is 61.1 Å². The molecule has 0 radical (unpaired) electrons. The first-order valence-corrected chi connectivity index (χ1v) is 16.6. The summed E-state index contributed by atoms with van der Waals surface area (Å²) >= 11 is 0. The van der Waals surface area contributed by atoms with Crippen molar-refractivity contribution in [3.63, 3.8) is 0 Å². The van der Waals surface area contributed by atoms with Gasteiger partial charge in [-0.1, -0.05) is 42.5 Å². The fourth-order valence-corrected chi connectivity index (χ4v) is 7.71. The fourth-order valence-electron chi connectivity index (χ4n) is 4.78. The second-order valence-electron chi connectivity index (χ2n) is 9.95. The van der Waals surface area contributed by atoms with Crippen LogP contribution >= 0.6 is 0 Å². The topological polar surface area (TPSA) is 122 Å². The van der Waals surface area contributed by atoms with Gasteiger partial charge in [0.05, 0.1) is 30.6 Å². The molecule has 226 valence electrons. The Kier molecular flexibility index (Phi) is 10.6. The Morgan fingerprint density at radius 3 is 2.07 bits per heavy atom. The second kappa shape index (κ2) is 14.1. The van der Waals surface area contributed by atoms with Gasteiger partial charge in [-0.25, -0.2) is 16.8 Å². The molecule has 0 saturated carbocycles. The van der Waals surface area contributed by atoms with Crippen molar-refractivity contribution in [1.82, 2.24) is 13.9 Å². The minimum atomic E-state index is -4.05. The van der Waals surface area contributed by atoms with E-state index in [-0.39, 0.29) is 35.2 Å². The van der Waals surface area contributed by atoms with E-state index in [1.807, 2.05) is 30.3 Å². The van der Waals surface area contributed by atoms with Gasteiger partial charge in [0.1, 0.15) is 0 Å². The Hall–Kier alpha value is -3.45. The zero-order chi connectivity index (χ0) is 30.2. The van der Waals surface area contributed by atoms with Gasteiger partial charge >= 0.3 is 0 Å². The van der Waals surface area contributed by atoms with E-state index >= 15 is 0 Å². The molecule has 0 aliphatic carbocycles. The third kappa shape index (κ3) is 7.68. The molecule has 42 heavy (non-hydrogen) atoms. The summed E-state index contributed by atoms with van der Waals surface area (Å²) in [7, 11) is -4.65. The van der Waals surface area contributed by atoms with Crippen LogP contribution in [0.15, 0.2) is 82.6 Å². The van der Waals surface area contributed by atoms with Gasteiger partial charge in [-0.3, -0.25) is 4.79 Å². The van der Waals surface area contributed by atoms with Gasteiger partial charge in [0.15, 0.2) is 11.5 Å². The van der Waals surface area contributed by atoms with Crippen molar-refractivity contribution >= 4 is 26.0 Å². The van der Waals surface area contributed by atoms with Crippen LogP contribution in [-0.4, -0.2) is 78.3 Å². The molecule has 1 aliphatic heterocycles. The lowest BCUT2D eigenvalue weighted by Gasteiger charge is -2.22. The van der Waals surface area contributed by atoms with E-state index in [2.05, 4.69) is 5.32 Å². The number of hydrogen-bond donors (Lipinski definition) is 1. The molecular weight excluding hydrogens is 578 g/mol. The average molecular weight is 616 g/mol. The number of rotatable bonds is 14. The first-order chi connectivity index (χ1) is 20.1. The molecule has 0 bridgehead atoms. The maximum Gasteiger partial charge on any atom is 0.243 e. The highest BCUT2D eigenvalue weighted by Crippen LogP contribution is 2.30. The van der Waals surface area contributed by atoms with Crippen LogP contribution in [0, 0.1) is 0 Å². The number of hydrogen-bond acceptors (Lipinski definition) is 7. The first kappa shape index (κ1) is 31.5. The zero-order valence-electron chi connectivity index (χ0n) is 23.9. The molecule has 0 atom stereocenters. The van der Waals surface area contributed by atoms with Crippen LogP contribution in [0.1, 0.15) is 24.0 Å². The number of methoxy groups -OCH3 is 2. The summed E-state index contributed by atoms with van der Waals surface area (Å²) in [4.78, 5) is 13.2. The highest BCUT2D eigenvalue weighted by molar-refractivity contribution is 7.89. The van der Waals surface area contributed by atoms with Gasteiger partial charge < -0.3 is 14.8 Å². The standard InChI is InChI=1S/C30H37N3O7S2/c1-39-28-15-14-27(22-29(28)40-2)42(37,38)33(21-17-24-8-4-3-5-9-24)23-30(34)31-18-16-25-10-12-26(13-11-25)41(35,36)32-19-6-7-20-32/h3-5,8-15,22H,6-7,16-21,23H2,1-2H3,(H,31,34). The van der Waals surface area contributed by atoms with Crippen molar-refractivity contribution in [2.45, 2.75) is 35.5 Å². The summed E-state index contributed by atoms with van der Waals surface area (Å²) in [5, 5.41) is 2.80. The van der Waals surface area contributed by atoms with Crippen LogP contribution in [-0.2, 0) is 37.7 Å². The number of carbonyl (C=O) groups excluding carboxylic acids is 1. The summed E-state index contributed by atoms with van der Waals surface area (Å²) in [6.07, 6.45) is 2.63. The molecule has 1 fully saturated rings. The molecule has 3 aromatic carbocycles. The minimum Gasteiger partial charge on any atom is -0.493 e. The van der Waals surface area contributed by atoms with Crippen molar-refractivity contribution in [2.75, 3.05) is 46.9 Å². The molecule has 0 spiro atoms. The van der Waals surface area contributed by atoms with Crippen molar-refractivity contribution < 1.29 is 31.1 Å². The molecule has 12 heteroatoms. The number of ether oxygens (including phenoxy) is 2. The predicted molar refractivity (Wildman–Crippen MR) is 160 cm³/mol. The van der Waals surface area contributed by atoms with E-state index in [1.54, 1.807) is 24.3 Å². The van der Waals surface area contributed by atoms with E-state index in [4.69, 9.17) is 9.47 Å². The quantitative estimate of drug-likeness (QED) is 0.296. The molecule has 1 amide bonds. The highest BCUT2D eigenvalue weighted by atomic mass is 32.2. The van der Waals surface area contributed by atoms with Crippen molar-refractivity contribution in [3.8, 4) is 11.5 Å². The van der Waals surface area contributed by atoms with Gasteiger partial charge in [-0.2, -0.15) is 8.61 Å². The number of amides is 1. The zero-order valence-corrected chi connectivity index (χ0v) is 25.5. The maximum atomic E-state index is 13.7. The average Bonchev–Trinajstić information content (AvgIpc) is 3.56. The first-order valence-electron chi connectivity index (χ1n) is 13.8. The maximum absolute atomic E-state index is 13.7. The summed E-state index contributed by atoms with van der Waals surface area (Å²) in [6.45, 7) is 1.08. The minimum absolute atomic E-state index is 0.00927. The molecular formula is C30H37N3O7S2. The van der Waals surface area contributed by atoms with Crippen LogP contribution in [0.2, 0.25) is 0 Å². The van der Waals surface area contributed by atoms with Crippen LogP contribution < -0.4 is 14.8 Å². The monoisotopic (exact) mass is 615 g/mol. The van der Waals surface area contributed by atoms with E-state index in [0.717, 1.165) is 28.3 Å². The molecule has 1 N–H and O–H groups in total. The van der Waals surface area contributed by atoms with Gasteiger partial charge in [0.25, 0.3) is 0 Å². The van der Waals surface area contributed by atoms with E-state index in [0.29, 0.717) is 31.7 Å². The third-order valence-electron chi connectivity index (χ3n) is 7.17. The summed E-state index contributed by atoms with van der Waals surface area (Å²) in [6, 6.07) is 20.4. The lowest BCUT2D eigenvalue weighted by molar-refractivity contribution is -0.121. The lowest BCUT2D eigenvalue weighted by atomic mass is 10.1. The fraction of sp³-hybridized carbons (Fsp3) is 0.367. The summed E-state index contributed by atoms with van der Waals surface area (Å²) in [5.41, 5.74) is 1.80. The highest BCUT2D eigenvalue weighted by Gasteiger charge is 2.28. The second-order valence-corrected chi connectivity index (χ2v) is 13.8. The lowest BCUT2D eigenvalue weighted by Crippen LogP contribution is -2.42.